The lowest BCUT2D eigenvalue weighted by atomic mass is 10.1. The fourth-order valence-corrected chi connectivity index (χ4v) is 3.32. The molecule has 0 radical (unpaired) electrons. The maximum atomic E-state index is 12.8. The molecule has 124 valence electrons. The maximum absolute atomic E-state index is 12.8. The van der Waals surface area contributed by atoms with Crippen LogP contribution in [0.1, 0.15) is 21.8 Å². The number of furan rings is 1. The molecular weight excluding hydrogens is 334 g/mol. The minimum atomic E-state index is -0.211. The van der Waals surface area contributed by atoms with Crippen LogP contribution in [-0.4, -0.2) is 15.9 Å². The first-order valence-corrected chi connectivity index (χ1v) is 8.68. The molecule has 5 nitrogen and oxygen atoms in total. The SMILES string of the molecule is Cc1csc(NC(=O)c2cc(-c3ccc(C)o3)nc3ccccc23)n1. The van der Waals surface area contributed by atoms with Gasteiger partial charge in [-0.2, -0.15) is 0 Å². The molecule has 0 aliphatic carbocycles. The highest BCUT2D eigenvalue weighted by molar-refractivity contribution is 7.13. The number of hydrogen-bond acceptors (Lipinski definition) is 5. The number of benzene rings is 1. The first-order valence-electron chi connectivity index (χ1n) is 7.80. The van der Waals surface area contributed by atoms with Gasteiger partial charge < -0.3 is 4.42 Å². The number of nitrogens with zero attached hydrogens (tertiary/aromatic N) is 2. The smallest absolute Gasteiger partial charge is 0.258 e. The molecule has 1 N–H and O–H groups in total. The lowest BCUT2D eigenvalue weighted by Gasteiger charge is -2.08. The Labute approximate surface area is 148 Å². The second-order valence-corrected chi connectivity index (χ2v) is 6.59. The Morgan fingerprint density at radius 2 is 1.96 bits per heavy atom. The molecule has 3 aromatic heterocycles. The van der Waals surface area contributed by atoms with E-state index in [1.54, 1.807) is 6.07 Å². The summed E-state index contributed by atoms with van der Waals surface area (Å²) in [5, 5.41) is 6.14. The van der Waals surface area contributed by atoms with Gasteiger partial charge in [0.25, 0.3) is 5.91 Å². The van der Waals surface area contributed by atoms with Crippen LogP contribution in [-0.2, 0) is 0 Å². The number of carbonyl (C=O) groups excluding carboxylic acids is 1. The third-order valence-electron chi connectivity index (χ3n) is 3.79. The lowest BCUT2D eigenvalue weighted by Crippen LogP contribution is -2.13. The predicted octanol–water partition coefficient (Wildman–Crippen LogP) is 4.82. The van der Waals surface area contributed by atoms with Crippen LogP contribution in [0, 0.1) is 13.8 Å². The lowest BCUT2D eigenvalue weighted by molar-refractivity contribution is 0.102. The van der Waals surface area contributed by atoms with Gasteiger partial charge in [-0.05, 0) is 38.1 Å². The van der Waals surface area contributed by atoms with Crippen molar-refractivity contribution in [2.24, 2.45) is 0 Å². The van der Waals surface area contributed by atoms with E-state index in [0.717, 1.165) is 22.4 Å². The topological polar surface area (TPSA) is 68.0 Å². The second-order valence-electron chi connectivity index (χ2n) is 5.73. The largest absolute Gasteiger partial charge is 0.460 e. The summed E-state index contributed by atoms with van der Waals surface area (Å²) in [6, 6.07) is 13.1. The van der Waals surface area contributed by atoms with Gasteiger partial charge in [0.2, 0.25) is 0 Å². The highest BCUT2D eigenvalue weighted by Crippen LogP contribution is 2.27. The molecule has 1 aromatic carbocycles. The molecule has 0 aliphatic heterocycles. The Bertz CT molecular complexity index is 1080. The standard InChI is InChI=1S/C19H15N3O2S/c1-11-10-25-19(20-11)22-18(23)14-9-16(17-8-7-12(2)24-17)21-15-6-4-3-5-13(14)15/h3-10H,1-2H3,(H,20,22,23). The first-order chi connectivity index (χ1) is 12.1. The van der Waals surface area contributed by atoms with Crippen molar-refractivity contribution >= 4 is 33.3 Å². The summed E-state index contributed by atoms with van der Waals surface area (Å²) in [7, 11) is 0. The molecule has 6 heteroatoms. The summed E-state index contributed by atoms with van der Waals surface area (Å²) in [4.78, 5) is 21.7. The quantitative estimate of drug-likeness (QED) is 0.576. The monoisotopic (exact) mass is 349 g/mol. The van der Waals surface area contributed by atoms with E-state index in [1.807, 2.05) is 55.6 Å². The fourth-order valence-electron chi connectivity index (χ4n) is 2.64. The Morgan fingerprint density at radius 3 is 2.68 bits per heavy atom. The van der Waals surface area contributed by atoms with Crippen molar-refractivity contribution in [3.05, 3.63) is 64.9 Å². The zero-order valence-electron chi connectivity index (χ0n) is 13.7. The van der Waals surface area contributed by atoms with Gasteiger partial charge >= 0.3 is 0 Å². The summed E-state index contributed by atoms with van der Waals surface area (Å²) in [6.07, 6.45) is 0. The number of rotatable bonds is 3. The first kappa shape index (κ1) is 15.5. The van der Waals surface area contributed by atoms with Crippen molar-refractivity contribution in [1.82, 2.24) is 9.97 Å². The van der Waals surface area contributed by atoms with Crippen LogP contribution in [0.5, 0.6) is 0 Å². The zero-order valence-corrected chi connectivity index (χ0v) is 14.6. The number of aryl methyl sites for hydroxylation is 2. The highest BCUT2D eigenvalue weighted by atomic mass is 32.1. The summed E-state index contributed by atoms with van der Waals surface area (Å²) in [5.41, 5.74) is 2.80. The van der Waals surface area contributed by atoms with Gasteiger partial charge in [0.05, 0.1) is 16.8 Å². The normalized spacial score (nSPS) is 11.0. The number of fused-ring (bicyclic) bond motifs is 1. The van der Waals surface area contributed by atoms with E-state index < -0.39 is 0 Å². The van der Waals surface area contributed by atoms with Crippen LogP contribution >= 0.6 is 11.3 Å². The van der Waals surface area contributed by atoms with Crippen molar-refractivity contribution in [3.63, 3.8) is 0 Å². The average Bonchev–Trinajstić information content (AvgIpc) is 3.22. The second kappa shape index (κ2) is 6.14. The number of amides is 1. The Hall–Kier alpha value is -2.99. The van der Waals surface area contributed by atoms with Gasteiger partial charge in [0.15, 0.2) is 10.9 Å². The van der Waals surface area contributed by atoms with Crippen molar-refractivity contribution in [2.45, 2.75) is 13.8 Å². The molecule has 0 saturated heterocycles. The molecule has 25 heavy (non-hydrogen) atoms. The van der Waals surface area contributed by atoms with Gasteiger partial charge in [-0.1, -0.05) is 18.2 Å². The van der Waals surface area contributed by atoms with E-state index in [1.165, 1.54) is 11.3 Å². The minimum Gasteiger partial charge on any atom is -0.460 e. The number of aromatic nitrogens is 2. The van der Waals surface area contributed by atoms with Gasteiger partial charge in [0, 0.05) is 10.8 Å². The molecule has 4 rings (SSSR count). The summed E-state index contributed by atoms with van der Waals surface area (Å²) in [5.74, 6) is 1.23. The maximum Gasteiger partial charge on any atom is 0.258 e. The van der Waals surface area contributed by atoms with Crippen LogP contribution < -0.4 is 5.32 Å². The molecule has 0 bridgehead atoms. The van der Waals surface area contributed by atoms with Crippen LogP contribution in [0.2, 0.25) is 0 Å². The number of carbonyl (C=O) groups is 1. The van der Waals surface area contributed by atoms with E-state index >= 15 is 0 Å². The molecule has 0 unspecified atom stereocenters. The van der Waals surface area contributed by atoms with Gasteiger partial charge in [0.1, 0.15) is 11.5 Å². The Balaban J connectivity index is 1.82. The van der Waals surface area contributed by atoms with E-state index in [-0.39, 0.29) is 5.91 Å². The molecule has 1 amide bonds. The molecule has 3 heterocycles. The number of hydrogen-bond donors (Lipinski definition) is 1. The average molecular weight is 349 g/mol. The third kappa shape index (κ3) is 3.04. The number of anilines is 1. The van der Waals surface area contributed by atoms with Crippen molar-refractivity contribution < 1.29 is 9.21 Å². The van der Waals surface area contributed by atoms with Gasteiger partial charge in [-0.15, -0.1) is 11.3 Å². The van der Waals surface area contributed by atoms with E-state index in [9.17, 15) is 4.79 Å². The van der Waals surface area contributed by atoms with Crippen LogP contribution in [0.4, 0.5) is 5.13 Å². The van der Waals surface area contributed by atoms with Crippen LogP contribution in [0.15, 0.2) is 52.3 Å². The number of pyridine rings is 1. The van der Waals surface area contributed by atoms with Gasteiger partial charge in [-0.25, -0.2) is 9.97 Å². The van der Waals surface area contributed by atoms with Gasteiger partial charge in [-0.3, -0.25) is 10.1 Å². The van der Waals surface area contributed by atoms with Crippen molar-refractivity contribution in [1.29, 1.82) is 0 Å². The van der Waals surface area contributed by atoms with E-state index in [2.05, 4.69) is 15.3 Å². The van der Waals surface area contributed by atoms with E-state index in [4.69, 9.17) is 4.42 Å². The number of thiazole rings is 1. The number of para-hydroxylation sites is 1. The Kier molecular flexibility index (Phi) is 3.82. The van der Waals surface area contributed by atoms with Crippen LogP contribution in [0.25, 0.3) is 22.4 Å². The molecule has 0 atom stereocenters. The van der Waals surface area contributed by atoms with Crippen molar-refractivity contribution in [2.75, 3.05) is 5.32 Å². The predicted molar refractivity (Wildman–Crippen MR) is 99.0 cm³/mol. The third-order valence-corrected chi connectivity index (χ3v) is 4.67. The molecule has 0 spiro atoms. The fraction of sp³-hybridized carbons (Fsp3) is 0.105. The van der Waals surface area contributed by atoms with E-state index in [0.29, 0.717) is 22.1 Å². The highest BCUT2D eigenvalue weighted by Gasteiger charge is 2.16. The number of nitrogens with one attached hydrogen (secondary N) is 1. The molecule has 0 fully saturated rings. The molecular formula is C19H15N3O2S. The minimum absolute atomic E-state index is 0.211. The summed E-state index contributed by atoms with van der Waals surface area (Å²) < 4.78 is 5.67. The molecule has 0 saturated carbocycles. The van der Waals surface area contributed by atoms with Crippen LogP contribution in [0.3, 0.4) is 0 Å². The molecule has 0 aliphatic rings. The zero-order chi connectivity index (χ0) is 17.4. The summed E-state index contributed by atoms with van der Waals surface area (Å²) >= 11 is 1.40. The summed E-state index contributed by atoms with van der Waals surface area (Å²) in [6.45, 7) is 3.77. The molecule has 4 aromatic rings. The Morgan fingerprint density at radius 1 is 1.12 bits per heavy atom. The van der Waals surface area contributed by atoms with Crippen molar-refractivity contribution in [3.8, 4) is 11.5 Å².